The Morgan fingerprint density at radius 2 is 2.04 bits per heavy atom. The summed E-state index contributed by atoms with van der Waals surface area (Å²) >= 11 is 0. The maximum Gasteiger partial charge on any atom is 0.255 e. The molecule has 0 saturated carbocycles. The van der Waals surface area contributed by atoms with Gasteiger partial charge in [0.15, 0.2) is 0 Å². The van der Waals surface area contributed by atoms with Gasteiger partial charge in [-0.05, 0) is 45.4 Å². The lowest BCUT2D eigenvalue weighted by Crippen LogP contribution is -2.41. The number of nitrogens with zero attached hydrogens (tertiary/aromatic N) is 2. The second-order valence-corrected chi connectivity index (χ2v) is 5.65. The molecule has 7 heteroatoms. The van der Waals surface area contributed by atoms with Crippen molar-refractivity contribution in [2.75, 3.05) is 5.32 Å². The van der Waals surface area contributed by atoms with Crippen LogP contribution in [-0.2, 0) is 11.3 Å². The largest absolute Gasteiger partial charge is 0.340 e. The number of halogens is 1. The molecule has 2 aromatic rings. The van der Waals surface area contributed by atoms with Crippen LogP contribution in [0.15, 0.2) is 24.4 Å². The lowest BCUT2D eigenvalue weighted by atomic mass is 10.2. The Labute approximate surface area is 140 Å². The zero-order chi connectivity index (χ0) is 17.9. The summed E-state index contributed by atoms with van der Waals surface area (Å²) in [6.07, 6.45) is 1.63. The number of aryl methyl sites for hydroxylation is 3. The molecular formula is C17H21FN4O2. The Morgan fingerprint density at radius 1 is 1.33 bits per heavy atom. The molecule has 0 unspecified atom stereocenters. The van der Waals surface area contributed by atoms with Gasteiger partial charge < -0.3 is 10.6 Å². The summed E-state index contributed by atoms with van der Waals surface area (Å²) in [5, 5.41) is 9.27. The molecule has 0 aliphatic heterocycles. The van der Waals surface area contributed by atoms with Gasteiger partial charge in [-0.2, -0.15) is 5.10 Å². The lowest BCUT2D eigenvalue weighted by Gasteiger charge is -2.14. The van der Waals surface area contributed by atoms with Crippen LogP contribution < -0.4 is 10.6 Å². The third-order valence-corrected chi connectivity index (χ3v) is 3.64. The summed E-state index contributed by atoms with van der Waals surface area (Å²) in [7, 11) is 0. The molecule has 0 aliphatic rings. The van der Waals surface area contributed by atoms with E-state index in [-0.39, 0.29) is 11.6 Å². The quantitative estimate of drug-likeness (QED) is 0.883. The SMILES string of the molecule is CCn1cc(C(=O)N[C@@H](C)C(=O)Nc2ccc(C)cc2F)c(C)n1. The van der Waals surface area contributed by atoms with E-state index in [1.165, 1.54) is 12.1 Å². The highest BCUT2D eigenvalue weighted by Gasteiger charge is 2.20. The molecule has 2 rings (SSSR count). The Hall–Kier alpha value is -2.70. The van der Waals surface area contributed by atoms with E-state index in [0.29, 0.717) is 17.8 Å². The number of hydrogen-bond acceptors (Lipinski definition) is 3. The van der Waals surface area contributed by atoms with Crippen LogP contribution in [0.25, 0.3) is 0 Å². The molecule has 1 aromatic carbocycles. The van der Waals surface area contributed by atoms with Crippen LogP contribution in [-0.4, -0.2) is 27.6 Å². The molecule has 24 heavy (non-hydrogen) atoms. The third kappa shape index (κ3) is 3.98. The number of carbonyl (C=O) groups is 2. The average molecular weight is 332 g/mol. The number of amides is 2. The number of aromatic nitrogens is 2. The molecule has 2 N–H and O–H groups in total. The molecule has 2 amide bonds. The lowest BCUT2D eigenvalue weighted by molar-refractivity contribution is -0.117. The summed E-state index contributed by atoms with van der Waals surface area (Å²) in [4.78, 5) is 24.4. The fraction of sp³-hybridized carbons (Fsp3) is 0.353. The van der Waals surface area contributed by atoms with Crippen LogP contribution in [0.3, 0.4) is 0 Å². The first kappa shape index (κ1) is 17.7. The third-order valence-electron chi connectivity index (χ3n) is 3.64. The Morgan fingerprint density at radius 3 is 2.62 bits per heavy atom. The van der Waals surface area contributed by atoms with Crippen molar-refractivity contribution in [3.05, 3.63) is 47.0 Å². The highest BCUT2D eigenvalue weighted by Crippen LogP contribution is 2.15. The van der Waals surface area contributed by atoms with Crippen LogP contribution in [0.4, 0.5) is 10.1 Å². The molecule has 0 bridgehead atoms. The highest BCUT2D eigenvalue weighted by atomic mass is 19.1. The fourth-order valence-electron chi connectivity index (χ4n) is 2.21. The minimum atomic E-state index is -0.817. The van der Waals surface area contributed by atoms with Gasteiger partial charge >= 0.3 is 0 Å². The van der Waals surface area contributed by atoms with Crippen molar-refractivity contribution in [2.45, 2.75) is 40.3 Å². The predicted octanol–water partition coefficient (Wildman–Crippen LogP) is 2.42. The first-order valence-corrected chi connectivity index (χ1v) is 7.73. The van der Waals surface area contributed by atoms with Gasteiger partial charge in [0.2, 0.25) is 5.91 Å². The molecule has 1 atom stereocenters. The van der Waals surface area contributed by atoms with E-state index in [2.05, 4.69) is 15.7 Å². The number of nitrogens with one attached hydrogen (secondary N) is 2. The van der Waals surface area contributed by atoms with E-state index in [1.54, 1.807) is 37.7 Å². The van der Waals surface area contributed by atoms with Gasteiger partial charge in [0.25, 0.3) is 5.91 Å². The second kappa shape index (κ2) is 7.25. The zero-order valence-electron chi connectivity index (χ0n) is 14.2. The van der Waals surface area contributed by atoms with Gasteiger partial charge in [0.1, 0.15) is 11.9 Å². The second-order valence-electron chi connectivity index (χ2n) is 5.65. The molecule has 0 spiro atoms. The van der Waals surface area contributed by atoms with Crippen LogP contribution in [0, 0.1) is 19.7 Å². The number of benzene rings is 1. The van der Waals surface area contributed by atoms with Crippen LogP contribution in [0.2, 0.25) is 0 Å². The first-order valence-electron chi connectivity index (χ1n) is 7.73. The van der Waals surface area contributed by atoms with Crippen molar-refractivity contribution in [1.82, 2.24) is 15.1 Å². The van der Waals surface area contributed by atoms with E-state index in [0.717, 1.165) is 5.56 Å². The van der Waals surface area contributed by atoms with Gasteiger partial charge in [-0.15, -0.1) is 0 Å². The molecule has 0 fully saturated rings. The monoisotopic (exact) mass is 332 g/mol. The van der Waals surface area contributed by atoms with Crippen LogP contribution in [0.5, 0.6) is 0 Å². The van der Waals surface area contributed by atoms with Crippen molar-refractivity contribution in [3.8, 4) is 0 Å². The average Bonchev–Trinajstić information content (AvgIpc) is 2.91. The van der Waals surface area contributed by atoms with Crippen LogP contribution >= 0.6 is 0 Å². The van der Waals surface area contributed by atoms with E-state index in [4.69, 9.17) is 0 Å². The van der Waals surface area contributed by atoms with Crippen LogP contribution in [0.1, 0.15) is 35.5 Å². The van der Waals surface area contributed by atoms with Crippen molar-refractivity contribution < 1.29 is 14.0 Å². The summed E-state index contributed by atoms with van der Waals surface area (Å²) in [6.45, 7) is 7.60. The van der Waals surface area contributed by atoms with E-state index >= 15 is 0 Å². The number of anilines is 1. The Balaban J connectivity index is 2.02. The molecule has 0 radical (unpaired) electrons. The minimum absolute atomic E-state index is 0.0849. The zero-order valence-corrected chi connectivity index (χ0v) is 14.2. The van der Waals surface area contributed by atoms with Crippen molar-refractivity contribution in [1.29, 1.82) is 0 Å². The highest BCUT2D eigenvalue weighted by molar-refractivity contribution is 6.01. The maximum absolute atomic E-state index is 13.8. The number of carbonyl (C=O) groups excluding carboxylic acids is 2. The molecular weight excluding hydrogens is 311 g/mol. The standard InChI is InChI=1S/C17H21FN4O2/c1-5-22-9-13(11(3)21-22)17(24)19-12(4)16(23)20-15-7-6-10(2)8-14(15)18/h6-9,12H,5H2,1-4H3,(H,19,24)(H,20,23)/t12-/m0/s1. The maximum atomic E-state index is 13.8. The number of rotatable bonds is 5. The topological polar surface area (TPSA) is 76.0 Å². The van der Waals surface area contributed by atoms with Gasteiger partial charge in [-0.3, -0.25) is 14.3 Å². The van der Waals surface area contributed by atoms with Crippen molar-refractivity contribution in [2.24, 2.45) is 0 Å². The summed E-state index contributed by atoms with van der Waals surface area (Å²) in [5.74, 6) is -1.40. The van der Waals surface area contributed by atoms with Gasteiger partial charge in [0.05, 0.1) is 16.9 Å². The molecule has 1 aromatic heterocycles. The van der Waals surface area contributed by atoms with E-state index < -0.39 is 17.8 Å². The fourth-order valence-corrected chi connectivity index (χ4v) is 2.21. The smallest absolute Gasteiger partial charge is 0.255 e. The van der Waals surface area contributed by atoms with E-state index in [1.807, 2.05) is 6.92 Å². The van der Waals surface area contributed by atoms with E-state index in [9.17, 15) is 14.0 Å². The predicted molar refractivity (Wildman–Crippen MR) is 89.3 cm³/mol. The Kier molecular flexibility index (Phi) is 5.33. The summed E-state index contributed by atoms with van der Waals surface area (Å²) < 4.78 is 15.4. The van der Waals surface area contributed by atoms with Gasteiger partial charge in [-0.1, -0.05) is 6.07 Å². The summed E-state index contributed by atoms with van der Waals surface area (Å²) in [6, 6.07) is 3.71. The molecule has 128 valence electrons. The molecule has 6 nitrogen and oxygen atoms in total. The molecule has 0 aliphatic carbocycles. The number of hydrogen-bond donors (Lipinski definition) is 2. The normalized spacial score (nSPS) is 11.9. The first-order chi connectivity index (χ1) is 11.3. The minimum Gasteiger partial charge on any atom is -0.340 e. The van der Waals surface area contributed by atoms with Gasteiger partial charge in [0, 0.05) is 12.7 Å². The molecule has 1 heterocycles. The molecule has 0 saturated heterocycles. The summed E-state index contributed by atoms with van der Waals surface area (Å²) in [5.41, 5.74) is 1.85. The Bertz CT molecular complexity index is 770. The van der Waals surface area contributed by atoms with Crippen molar-refractivity contribution in [3.63, 3.8) is 0 Å². The van der Waals surface area contributed by atoms with Crippen molar-refractivity contribution >= 4 is 17.5 Å². The van der Waals surface area contributed by atoms with Gasteiger partial charge in [-0.25, -0.2) is 4.39 Å².